The topological polar surface area (TPSA) is 109 Å². The van der Waals surface area contributed by atoms with E-state index in [-0.39, 0.29) is 30.9 Å². The molecule has 1 aliphatic rings. The van der Waals surface area contributed by atoms with Crippen molar-refractivity contribution in [2.24, 2.45) is 0 Å². The summed E-state index contributed by atoms with van der Waals surface area (Å²) in [5.41, 5.74) is 0. The van der Waals surface area contributed by atoms with Crippen molar-refractivity contribution in [1.29, 1.82) is 0 Å². The first-order valence-electron chi connectivity index (χ1n) is 6.06. The van der Waals surface area contributed by atoms with E-state index in [1.807, 2.05) is 0 Å². The molecule has 1 aromatic rings. The molecule has 0 atom stereocenters. The third-order valence-electron chi connectivity index (χ3n) is 3.16. The zero-order valence-corrected chi connectivity index (χ0v) is 12.0. The van der Waals surface area contributed by atoms with Gasteiger partial charge in [0.05, 0.1) is 16.8 Å². The van der Waals surface area contributed by atoms with Crippen LogP contribution in [0, 0.1) is 0 Å². The van der Waals surface area contributed by atoms with E-state index >= 15 is 0 Å². The molecule has 0 aliphatic carbocycles. The van der Waals surface area contributed by atoms with E-state index in [2.05, 4.69) is 14.7 Å². The third-order valence-corrected chi connectivity index (χ3v) is 6.83. The number of nitrogens with zero attached hydrogens (tertiary/aromatic N) is 1. The second-order valence-electron chi connectivity index (χ2n) is 4.58. The number of nitrogens with one attached hydrogen (secondary N) is 2. The van der Waals surface area contributed by atoms with Crippen LogP contribution in [-0.2, 0) is 26.3 Å². The average Bonchev–Trinajstić information content (AvgIpc) is 2.81. The highest BCUT2D eigenvalue weighted by atomic mass is 32.2. The van der Waals surface area contributed by atoms with Gasteiger partial charge in [-0.3, -0.25) is 0 Å². The Morgan fingerprint density at radius 3 is 2.63 bits per heavy atom. The lowest BCUT2D eigenvalue weighted by Crippen LogP contribution is -2.40. The smallest absolute Gasteiger partial charge is 0.214 e. The molecule has 2 heterocycles. The molecule has 1 saturated heterocycles. The van der Waals surface area contributed by atoms with Crippen LogP contribution in [0.4, 0.5) is 0 Å². The van der Waals surface area contributed by atoms with Crippen molar-refractivity contribution in [3.63, 3.8) is 0 Å². The molecule has 0 aromatic carbocycles. The Bertz CT molecular complexity index is 593. The Morgan fingerprint density at radius 2 is 2.05 bits per heavy atom. The van der Waals surface area contributed by atoms with Crippen LogP contribution in [0.5, 0.6) is 0 Å². The molecular weight excluding hydrogens is 290 g/mol. The van der Waals surface area contributed by atoms with Crippen molar-refractivity contribution in [2.75, 3.05) is 18.1 Å². The summed E-state index contributed by atoms with van der Waals surface area (Å²) in [6.45, 7) is 0.263. The number of aromatic nitrogens is 2. The van der Waals surface area contributed by atoms with Gasteiger partial charge in [-0.05, 0) is 12.8 Å². The van der Waals surface area contributed by atoms with Crippen LogP contribution in [0.2, 0.25) is 0 Å². The van der Waals surface area contributed by atoms with Crippen LogP contribution in [0.15, 0.2) is 12.4 Å². The summed E-state index contributed by atoms with van der Waals surface area (Å²) in [7, 11) is -6.48. The summed E-state index contributed by atoms with van der Waals surface area (Å²) < 4.78 is 49.0. The van der Waals surface area contributed by atoms with Gasteiger partial charge in [0.2, 0.25) is 10.0 Å². The summed E-state index contributed by atoms with van der Waals surface area (Å²) in [6.07, 6.45) is 4.12. The number of H-pyrrole nitrogens is 1. The molecule has 1 aromatic heterocycles. The van der Waals surface area contributed by atoms with Gasteiger partial charge in [-0.2, -0.15) is 0 Å². The highest BCUT2D eigenvalue weighted by molar-refractivity contribution is 7.92. The maximum Gasteiger partial charge on any atom is 0.214 e. The fraction of sp³-hybridized carbons (Fsp3) is 0.700. The zero-order chi connectivity index (χ0) is 13.9. The molecule has 19 heavy (non-hydrogen) atoms. The molecule has 9 heteroatoms. The van der Waals surface area contributed by atoms with Gasteiger partial charge in [-0.25, -0.2) is 26.5 Å². The predicted octanol–water partition coefficient (Wildman–Crippen LogP) is -0.551. The van der Waals surface area contributed by atoms with Crippen molar-refractivity contribution in [1.82, 2.24) is 14.7 Å². The summed E-state index contributed by atoms with van der Waals surface area (Å²) in [5.74, 6) is 0.627. The number of hydrogen-bond donors (Lipinski definition) is 2. The monoisotopic (exact) mass is 307 g/mol. The second kappa shape index (κ2) is 5.59. The SMILES string of the molecule is O=S1(=O)CCC(S(=O)(=O)NCCc2ncc[nH]2)CC1. The minimum Gasteiger partial charge on any atom is -0.349 e. The van der Waals surface area contributed by atoms with E-state index in [1.54, 1.807) is 12.4 Å². The van der Waals surface area contributed by atoms with Crippen molar-refractivity contribution in [3.05, 3.63) is 18.2 Å². The van der Waals surface area contributed by atoms with Gasteiger partial charge in [0.1, 0.15) is 15.7 Å². The normalized spacial score (nSPS) is 20.4. The first-order valence-corrected chi connectivity index (χ1v) is 9.43. The number of sulfone groups is 1. The average molecular weight is 307 g/mol. The molecule has 0 spiro atoms. The van der Waals surface area contributed by atoms with Crippen LogP contribution >= 0.6 is 0 Å². The van der Waals surface area contributed by atoms with Crippen molar-refractivity contribution in [2.45, 2.75) is 24.5 Å². The maximum absolute atomic E-state index is 12.0. The van der Waals surface area contributed by atoms with E-state index < -0.39 is 25.1 Å². The minimum absolute atomic E-state index is 0.0449. The molecule has 0 radical (unpaired) electrons. The van der Waals surface area contributed by atoms with E-state index in [1.165, 1.54) is 0 Å². The molecule has 0 bridgehead atoms. The van der Waals surface area contributed by atoms with Crippen LogP contribution < -0.4 is 4.72 Å². The van der Waals surface area contributed by atoms with Crippen molar-refractivity contribution < 1.29 is 16.8 Å². The number of hydrogen-bond acceptors (Lipinski definition) is 5. The van der Waals surface area contributed by atoms with Crippen LogP contribution in [-0.4, -0.2) is 50.1 Å². The molecule has 1 fully saturated rings. The van der Waals surface area contributed by atoms with Crippen molar-refractivity contribution >= 4 is 19.9 Å². The van der Waals surface area contributed by atoms with Crippen LogP contribution in [0.25, 0.3) is 0 Å². The fourth-order valence-corrected chi connectivity index (χ4v) is 5.31. The van der Waals surface area contributed by atoms with Crippen LogP contribution in [0.1, 0.15) is 18.7 Å². The second-order valence-corrected chi connectivity index (χ2v) is 8.93. The Labute approximate surface area is 112 Å². The lowest BCUT2D eigenvalue weighted by Gasteiger charge is -2.22. The molecule has 7 nitrogen and oxygen atoms in total. The van der Waals surface area contributed by atoms with Gasteiger partial charge in [0, 0.05) is 25.4 Å². The Hall–Kier alpha value is -0.930. The zero-order valence-electron chi connectivity index (χ0n) is 10.4. The molecule has 108 valence electrons. The van der Waals surface area contributed by atoms with Gasteiger partial charge in [0.25, 0.3) is 0 Å². The van der Waals surface area contributed by atoms with Gasteiger partial charge < -0.3 is 4.98 Å². The van der Waals surface area contributed by atoms with E-state index in [0.717, 1.165) is 0 Å². The van der Waals surface area contributed by atoms with Gasteiger partial charge >= 0.3 is 0 Å². The molecule has 2 rings (SSSR count). The highest BCUT2D eigenvalue weighted by Gasteiger charge is 2.32. The molecule has 0 unspecified atom stereocenters. The summed E-state index contributed by atoms with van der Waals surface area (Å²) in [4.78, 5) is 6.89. The van der Waals surface area contributed by atoms with Gasteiger partial charge in [-0.1, -0.05) is 0 Å². The van der Waals surface area contributed by atoms with E-state index in [9.17, 15) is 16.8 Å². The number of sulfonamides is 1. The summed E-state index contributed by atoms with van der Waals surface area (Å²) in [5, 5.41) is -0.604. The molecule has 0 amide bonds. The molecule has 0 saturated carbocycles. The Balaban J connectivity index is 1.85. The fourth-order valence-electron chi connectivity index (χ4n) is 2.04. The molecule has 2 N–H and O–H groups in total. The molecular formula is C10H17N3O4S2. The number of rotatable bonds is 5. The first kappa shape index (κ1) is 14.5. The first-order chi connectivity index (χ1) is 8.89. The van der Waals surface area contributed by atoms with E-state index in [4.69, 9.17) is 0 Å². The third kappa shape index (κ3) is 4.02. The van der Waals surface area contributed by atoms with Gasteiger partial charge in [-0.15, -0.1) is 0 Å². The molecule has 1 aliphatic heterocycles. The van der Waals surface area contributed by atoms with E-state index in [0.29, 0.717) is 12.2 Å². The quantitative estimate of drug-likeness (QED) is 0.758. The highest BCUT2D eigenvalue weighted by Crippen LogP contribution is 2.18. The maximum atomic E-state index is 12.0. The number of aromatic amines is 1. The lowest BCUT2D eigenvalue weighted by molar-refractivity contribution is 0.542. The Morgan fingerprint density at radius 1 is 1.37 bits per heavy atom. The van der Waals surface area contributed by atoms with Crippen LogP contribution in [0.3, 0.4) is 0 Å². The minimum atomic E-state index is -3.44. The Kier molecular flexibility index (Phi) is 4.26. The van der Waals surface area contributed by atoms with Crippen molar-refractivity contribution in [3.8, 4) is 0 Å². The number of imidazole rings is 1. The standard InChI is InChI=1S/C10H17N3O4S2/c14-18(15)7-2-9(3-8-18)19(16,17)13-4-1-10-11-5-6-12-10/h5-6,9,13H,1-4,7-8H2,(H,11,12). The summed E-state index contributed by atoms with van der Waals surface area (Å²) in [6, 6.07) is 0. The summed E-state index contributed by atoms with van der Waals surface area (Å²) >= 11 is 0. The predicted molar refractivity (Wildman–Crippen MR) is 70.9 cm³/mol. The van der Waals surface area contributed by atoms with Gasteiger partial charge in [0.15, 0.2) is 0 Å². The largest absolute Gasteiger partial charge is 0.349 e. The lowest BCUT2D eigenvalue weighted by atomic mass is 10.2.